The van der Waals surface area contributed by atoms with Gasteiger partial charge in [0.1, 0.15) is 5.75 Å². The van der Waals surface area contributed by atoms with Crippen LogP contribution in [0.25, 0.3) is 0 Å². The maximum atomic E-state index is 13.3. The van der Waals surface area contributed by atoms with Gasteiger partial charge in [-0.1, -0.05) is 37.6 Å². The van der Waals surface area contributed by atoms with Crippen molar-refractivity contribution in [2.45, 2.75) is 33.4 Å². The lowest BCUT2D eigenvalue weighted by atomic mass is 10.2. The maximum Gasteiger partial charge on any atom is 0.335 e. The number of nitrogens with zero attached hydrogens (tertiary/aromatic N) is 4. The lowest BCUT2D eigenvalue weighted by molar-refractivity contribution is -0.141. The van der Waals surface area contributed by atoms with Gasteiger partial charge in [-0.2, -0.15) is 0 Å². The number of aliphatic carboxylic acids is 1. The van der Waals surface area contributed by atoms with Crippen LogP contribution in [0.3, 0.4) is 0 Å². The first-order chi connectivity index (χ1) is 18.2. The van der Waals surface area contributed by atoms with E-state index in [4.69, 9.17) is 16.3 Å². The van der Waals surface area contributed by atoms with Crippen LogP contribution in [-0.4, -0.2) is 30.2 Å². The number of carboxylic acids is 1. The number of nitrogens with one attached hydrogen (secondary N) is 1. The molecule has 38 heavy (non-hydrogen) atoms. The second kappa shape index (κ2) is 11.7. The van der Waals surface area contributed by atoms with Gasteiger partial charge >= 0.3 is 17.3 Å². The Morgan fingerprint density at radius 2 is 1.79 bits per heavy atom. The molecule has 196 valence electrons. The Labute approximate surface area is 222 Å². The highest BCUT2D eigenvalue weighted by Gasteiger charge is 2.17. The predicted molar refractivity (Wildman–Crippen MR) is 142 cm³/mol. The summed E-state index contributed by atoms with van der Waals surface area (Å²) >= 11 is 5.99. The summed E-state index contributed by atoms with van der Waals surface area (Å²) in [7, 11) is 0. The second-order valence-electron chi connectivity index (χ2n) is 8.66. The van der Waals surface area contributed by atoms with Crippen molar-refractivity contribution >= 4 is 23.3 Å². The van der Waals surface area contributed by atoms with E-state index < -0.39 is 23.3 Å². The van der Waals surface area contributed by atoms with Crippen molar-refractivity contribution in [1.29, 1.82) is 0 Å². The molecule has 0 aliphatic carbocycles. The molecule has 0 saturated carbocycles. The van der Waals surface area contributed by atoms with Gasteiger partial charge in [0.2, 0.25) is 11.5 Å². The van der Waals surface area contributed by atoms with Gasteiger partial charge in [-0.3, -0.25) is 14.3 Å². The fourth-order valence-electron chi connectivity index (χ4n) is 3.63. The third-order valence-electron chi connectivity index (χ3n) is 5.81. The molecule has 0 radical (unpaired) electrons. The average molecular weight is 536 g/mol. The van der Waals surface area contributed by atoms with E-state index >= 15 is 0 Å². The summed E-state index contributed by atoms with van der Waals surface area (Å²) in [6.07, 6.45) is 2.55. The number of rotatable bonds is 9. The van der Waals surface area contributed by atoms with Gasteiger partial charge in [0.05, 0.1) is 18.2 Å². The van der Waals surface area contributed by atoms with Crippen LogP contribution in [0.5, 0.6) is 11.6 Å². The summed E-state index contributed by atoms with van der Waals surface area (Å²) in [6, 6.07) is 17.4. The third-order valence-corrected chi connectivity index (χ3v) is 6.07. The first kappa shape index (κ1) is 26.6. The van der Waals surface area contributed by atoms with Crippen LogP contribution in [0.1, 0.15) is 25.0 Å². The van der Waals surface area contributed by atoms with Crippen LogP contribution in [0.4, 0.5) is 5.69 Å². The van der Waals surface area contributed by atoms with Crippen molar-refractivity contribution in [2.75, 3.05) is 0 Å². The van der Waals surface area contributed by atoms with Gasteiger partial charge in [0.25, 0.3) is 0 Å². The van der Waals surface area contributed by atoms with E-state index in [0.717, 1.165) is 22.1 Å². The first-order valence-electron chi connectivity index (χ1n) is 11.9. The van der Waals surface area contributed by atoms with Crippen LogP contribution in [0.15, 0.2) is 81.4 Å². The fraction of sp³-hybridized carbons (Fsp3) is 0.222. The van der Waals surface area contributed by atoms with E-state index in [1.54, 1.807) is 54.7 Å². The lowest BCUT2D eigenvalue weighted by Gasteiger charge is -2.13. The van der Waals surface area contributed by atoms with Crippen LogP contribution >= 0.6 is 11.6 Å². The number of H-pyrrole nitrogens is 1. The molecule has 0 unspecified atom stereocenters. The minimum absolute atomic E-state index is 0.0140. The Morgan fingerprint density at radius 1 is 1.08 bits per heavy atom. The molecule has 0 fully saturated rings. The normalized spacial score (nSPS) is 12.3. The molecule has 2 heterocycles. The standard InChI is InChI=1S/C27H26ClN5O5/c1-3-18-12-13-29-23(14-18)38-22-10-8-21(9-11-22)30-25-31-26(36)33(15-17(2)24(34)35)27(37)32(25)16-19-4-6-20(28)7-5-19/h4-14,17H,3,15-16H2,1-2H3,(H,34,35)(H,30,31,36)/t17-/m0/s1. The molecule has 11 heteroatoms. The number of carboxylic acid groups (broad SMARTS) is 1. The van der Waals surface area contributed by atoms with Crippen LogP contribution in [0.2, 0.25) is 5.02 Å². The molecule has 0 amide bonds. The molecular formula is C27H26ClN5O5. The maximum absolute atomic E-state index is 13.3. The number of hydrogen-bond acceptors (Lipinski definition) is 6. The summed E-state index contributed by atoms with van der Waals surface area (Å²) in [5, 5.41) is 9.81. The average Bonchev–Trinajstić information content (AvgIpc) is 2.91. The summed E-state index contributed by atoms with van der Waals surface area (Å²) < 4.78 is 7.97. The number of aromatic amines is 1. The third kappa shape index (κ3) is 6.46. The summed E-state index contributed by atoms with van der Waals surface area (Å²) in [5.74, 6) is -1.04. The van der Waals surface area contributed by atoms with E-state index in [-0.39, 0.29) is 18.7 Å². The molecule has 0 saturated heterocycles. The van der Waals surface area contributed by atoms with Gasteiger partial charge in [-0.05, 0) is 60.0 Å². The number of pyridine rings is 1. The zero-order chi connectivity index (χ0) is 27.2. The van der Waals surface area contributed by atoms with E-state index in [0.29, 0.717) is 22.3 Å². The second-order valence-corrected chi connectivity index (χ2v) is 9.10. The van der Waals surface area contributed by atoms with Crippen molar-refractivity contribution in [2.24, 2.45) is 10.9 Å². The number of aryl methyl sites for hydroxylation is 1. The Bertz CT molecular complexity index is 1620. The highest BCUT2D eigenvalue weighted by atomic mass is 35.5. The quantitative estimate of drug-likeness (QED) is 0.335. The number of carbonyl (C=O) groups is 1. The zero-order valence-electron chi connectivity index (χ0n) is 20.8. The molecule has 4 aromatic rings. The van der Waals surface area contributed by atoms with Crippen LogP contribution in [0, 0.1) is 5.92 Å². The van der Waals surface area contributed by atoms with E-state index in [1.165, 1.54) is 11.5 Å². The van der Waals surface area contributed by atoms with Gasteiger partial charge < -0.3 is 9.84 Å². The van der Waals surface area contributed by atoms with Crippen molar-refractivity contribution in [3.05, 3.63) is 110 Å². The number of halogens is 1. The SMILES string of the molecule is CCc1ccnc(Oc2ccc(/N=c3\[nH]c(=O)n(C[C@H](C)C(=O)O)c(=O)n3Cc3ccc(Cl)cc3)cc2)c1. The molecule has 2 aromatic heterocycles. The molecule has 4 rings (SSSR count). The van der Waals surface area contributed by atoms with Crippen molar-refractivity contribution < 1.29 is 14.6 Å². The summed E-state index contributed by atoms with van der Waals surface area (Å²) in [4.78, 5) is 48.8. The topological polar surface area (TPSA) is 132 Å². The Kier molecular flexibility index (Phi) is 8.22. The number of ether oxygens (including phenoxy) is 1. The minimum Gasteiger partial charge on any atom is -0.481 e. The van der Waals surface area contributed by atoms with Crippen LogP contribution in [-0.2, 0) is 24.3 Å². The summed E-state index contributed by atoms with van der Waals surface area (Å²) in [6.45, 7) is 3.26. The molecule has 0 bridgehead atoms. The van der Waals surface area contributed by atoms with Gasteiger partial charge in [-0.15, -0.1) is 0 Å². The molecule has 0 spiro atoms. The van der Waals surface area contributed by atoms with Crippen molar-refractivity contribution in [3.8, 4) is 11.6 Å². The largest absolute Gasteiger partial charge is 0.481 e. The molecule has 1 atom stereocenters. The molecular weight excluding hydrogens is 510 g/mol. The Hall–Kier alpha value is -4.44. The fourth-order valence-corrected chi connectivity index (χ4v) is 3.75. The smallest absolute Gasteiger partial charge is 0.335 e. The highest BCUT2D eigenvalue weighted by Crippen LogP contribution is 2.23. The monoisotopic (exact) mass is 535 g/mol. The minimum atomic E-state index is -1.12. The lowest BCUT2D eigenvalue weighted by Crippen LogP contribution is -2.51. The number of aromatic nitrogens is 4. The van der Waals surface area contributed by atoms with Gasteiger partial charge in [0.15, 0.2) is 0 Å². The van der Waals surface area contributed by atoms with E-state index in [2.05, 4.69) is 15.0 Å². The van der Waals surface area contributed by atoms with Gasteiger partial charge in [-0.25, -0.2) is 24.1 Å². The zero-order valence-corrected chi connectivity index (χ0v) is 21.6. The van der Waals surface area contributed by atoms with Crippen LogP contribution < -0.4 is 21.7 Å². The Morgan fingerprint density at radius 3 is 2.45 bits per heavy atom. The van der Waals surface area contributed by atoms with E-state index in [1.807, 2.05) is 19.1 Å². The molecule has 2 N–H and O–H groups in total. The number of benzene rings is 2. The molecule has 2 aromatic carbocycles. The molecule has 0 aliphatic heterocycles. The first-order valence-corrected chi connectivity index (χ1v) is 12.3. The molecule has 0 aliphatic rings. The van der Waals surface area contributed by atoms with E-state index in [9.17, 15) is 19.5 Å². The molecule has 10 nitrogen and oxygen atoms in total. The number of hydrogen-bond donors (Lipinski definition) is 2. The predicted octanol–water partition coefficient (Wildman–Crippen LogP) is 3.74. The summed E-state index contributed by atoms with van der Waals surface area (Å²) in [5.41, 5.74) is 0.879. The van der Waals surface area contributed by atoms with Crippen molar-refractivity contribution in [1.82, 2.24) is 19.1 Å². The van der Waals surface area contributed by atoms with Crippen molar-refractivity contribution in [3.63, 3.8) is 0 Å². The Balaban J connectivity index is 1.72. The highest BCUT2D eigenvalue weighted by molar-refractivity contribution is 6.30. The van der Waals surface area contributed by atoms with Gasteiger partial charge in [0, 0.05) is 23.8 Å².